The Labute approximate surface area is 148 Å². The monoisotopic (exact) mass is 336 g/mol. The largest absolute Gasteiger partial charge is 0.333 e. The highest BCUT2D eigenvalue weighted by atomic mass is 16.2. The topological polar surface area (TPSA) is 51.0 Å². The molecule has 3 aromatic rings. The number of para-hydroxylation sites is 1. The zero-order chi connectivity index (χ0) is 18.0. The summed E-state index contributed by atoms with van der Waals surface area (Å²) in [5.74, 6) is 0.386. The lowest BCUT2D eigenvalue weighted by Crippen LogP contribution is -2.35. The molecule has 0 fully saturated rings. The molecule has 0 bridgehead atoms. The maximum Gasteiger partial charge on any atom is 0.272 e. The van der Waals surface area contributed by atoms with Gasteiger partial charge in [0.2, 0.25) is 0 Å². The third-order valence-electron chi connectivity index (χ3n) is 4.11. The molecule has 1 amide bonds. The Bertz CT molecular complexity index is 898. The molecule has 3 rings (SSSR count). The van der Waals surface area contributed by atoms with Crippen LogP contribution < -0.4 is 0 Å². The molecule has 0 atom stereocenters. The first-order valence-corrected chi connectivity index (χ1v) is 8.57. The minimum Gasteiger partial charge on any atom is -0.333 e. The normalized spacial score (nSPS) is 11.2. The van der Waals surface area contributed by atoms with Crippen molar-refractivity contribution in [3.63, 3.8) is 0 Å². The van der Waals surface area contributed by atoms with Crippen LogP contribution in [0.2, 0.25) is 0 Å². The van der Waals surface area contributed by atoms with E-state index in [1.807, 2.05) is 55.4 Å². The first-order chi connectivity index (χ1) is 11.9. The van der Waals surface area contributed by atoms with Crippen LogP contribution in [-0.4, -0.2) is 32.1 Å². The van der Waals surface area contributed by atoms with Gasteiger partial charge in [-0.25, -0.2) is 0 Å². The lowest BCUT2D eigenvalue weighted by Gasteiger charge is -2.24. The number of carbonyl (C=O) groups excluding carboxylic acids is 1. The molecule has 0 unspecified atom stereocenters. The van der Waals surface area contributed by atoms with Crippen LogP contribution >= 0.6 is 0 Å². The standard InChI is InChI=1S/C20H24N4O/c1-14(2)12-24(20(25)19-9-15(3)22-23(19)4)13-16-10-17-7-5-6-8-18(17)21-11-16/h5-11,14H,12-13H2,1-4H3. The average molecular weight is 336 g/mol. The smallest absolute Gasteiger partial charge is 0.272 e. The number of pyridine rings is 1. The number of aryl methyl sites for hydroxylation is 2. The molecule has 25 heavy (non-hydrogen) atoms. The van der Waals surface area contributed by atoms with E-state index < -0.39 is 0 Å². The van der Waals surface area contributed by atoms with E-state index in [1.54, 1.807) is 4.68 Å². The molecule has 0 spiro atoms. The Morgan fingerprint density at radius 2 is 2.00 bits per heavy atom. The van der Waals surface area contributed by atoms with Crippen LogP contribution in [0.15, 0.2) is 42.6 Å². The SMILES string of the molecule is Cc1cc(C(=O)N(Cc2cnc3ccccc3c2)CC(C)C)n(C)n1. The molecular weight excluding hydrogens is 312 g/mol. The van der Waals surface area contributed by atoms with Gasteiger partial charge in [-0.2, -0.15) is 5.10 Å². The molecule has 2 aromatic heterocycles. The highest BCUT2D eigenvalue weighted by Crippen LogP contribution is 2.17. The third-order valence-corrected chi connectivity index (χ3v) is 4.11. The summed E-state index contributed by atoms with van der Waals surface area (Å²) >= 11 is 0. The van der Waals surface area contributed by atoms with Gasteiger partial charge in [0.25, 0.3) is 5.91 Å². The van der Waals surface area contributed by atoms with Crippen LogP contribution in [-0.2, 0) is 13.6 Å². The fourth-order valence-electron chi connectivity index (χ4n) is 3.06. The summed E-state index contributed by atoms with van der Waals surface area (Å²) in [6, 6.07) is 12.0. The van der Waals surface area contributed by atoms with Gasteiger partial charge in [-0.3, -0.25) is 14.5 Å². The van der Waals surface area contributed by atoms with Crippen molar-refractivity contribution in [1.29, 1.82) is 0 Å². The molecule has 130 valence electrons. The highest BCUT2D eigenvalue weighted by Gasteiger charge is 2.21. The van der Waals surface area contributed by atoms with E-state index in [9.17, 15) is 4.79 Å². The molecule has 0 radical (unpaired) electrons. The van der Waals surface area contributed by atoms with Crippen LogP contribution in [0.3, 0.4) is 0 Å². The van der Waals surface area contributed by atoms with Crippen molar-refractivity contribution >= 4 is 16.8 Å². The van der Waals surface area contributed by atoms with Crippen molar-refractivity contribution in [3.8, 4) is 0 Å². The van der Waals surface area contributed by atoms with Crippen LogP contribution in [0.1, 0.15) is 35.6 Å². The molecule has 2 heterocycles. The molecule has 0 aliphatic rings. The maximum absolute atomic E-state index is 13.0. The summed E-state index contributed by atoms with van der Waals surface area (Å²) in [6.07, 6.45) is 1.86. The summed E-state index contributed by atoms with van der Waals surface area (Å²) in [5, 5.41) is 5.39. The number of benzene rings is 1. The van der Waals surface area contributed by atoms with E-state index in [0.717, 1.165) is 22.2 Å². The van der Waals surface area contributed by atoms with Crippen LogP contribution in [0, 0.1) is 12.8 Å². The third kappa shape index (κ3) is 3.87. The van der Waals surface area contributed by atoms with Crippen molar-refractivity contribution in [3.05, 3.63) is 59.5 Å². The quantitative estimate of drug-likeness (QED) is 0.715. The van der Waals surface area contributed by atoms with Gasteiger partial charge in [0.15, 0.2) is 0 Å². The van der Waals surface area contributed by atoms with Gasteiger partial charge in [-0.1, -0.05) is 32.0 Å². The summed E-state index contributed by atoms with van der Waals surface area (Å²) in [5.41, 5.74) is 3.47. The maximum atomic E-state index is 13.0. The minimum atomic E-state index is 0.00459. The van der Waals surface area contributed by atoms with Gasteiger partial charge in [-0.15, -0.1) is 0 Å². The Morgan fingerprint density at radius 3 is 2.68 bits per heavy atom. The number of hydrogen-bond acceptors (Lipinski definition) is 3. The fraction of sp³-hybridized carbons (Fsp3) is 0.350. The Kier molecular flexibility index (Phi) is 4.83. The van der Waals surface area contributed by atoms with Gasteiger partial charge in [0, 0.05) is 31.7 Å². The van der Waals surface area contributed by atoms with Crippen LogP contribution in [0.5, 0.6) is 0 Å². The number of nitrogens with zero attached hydrogens (tertiary/aromatic N) is 4. The second-order valence-corrected chi connectivity index (χ2v) is 6.91. The number of aromatic nitrogens is 3. The number of carbonyl (C=O) groups is 1. The van der Waals surface area contributed by atoms with Gasteiger partial charge < -0.3 is 4.90 Å². The van der Waals surface area contributed by atoms with E-state index in [2.05, 4.69) is 30.0 Å². The molecule has 0 saturated carbocycles. The van der Waals surface area contributed by atoms with E-state index in [-0.39, 0.29) is 5.91 Å². The van der Waals surface area contributed by atoms with Crippen LogP contribution in [0.4, 0.5) is 0 Å². The first kappa shape index (κ1) is 17.1. The molecule has 0 aliphatic carbocycles. The van der Waals surface area contributed by atoms with Crippen LogP contribution in [0.25, 0.3) is 10.9 Å². The Balaban J connectivity index is 1.89. The second-order valence-electron chi connectivity index (χ2n) is 6.91. The van der Waals surface area contributed by atoms with Gasteiger partial charge >= 0.3 is 0 Å². The first-order valence-electron chi connectivity index (χ1n) is 8.57. The van der Waals surface area contributed by atoms with E-state index >= 15 is 0 Å². The number of amides is 1. The zero-order valence-electron chi connectivity index (χ0n) is 15.2. The second kappa shape index (κ2) is 7.05. The number of fused-ring (bicyclic) bond motifs is 1. The average Bonchev–Trinajstić information content (AvgIpc) is 2.91. The van der Waals surface area contributed by atoms with E-state index in [1.165, 1.54) is 0 Å². The van der Waals surface area contributed by atoms with Crippen molar-refractivity contribution in [2.45, 2.75) is 27.3 Å². The van der Waals surface area contributed by atoms with Gasteiger partial charge in [0.05, 0.1) is 11.2 Å². The molecule has 0 aliphatic heterocycles. The fourth-order valence-corrected chi connectivity index (χ4v) is 3.06. The number of rotatable bonds is 5. The van der Waals surface area contributed by atoms with Gasteiger partial charge in [-0.05, 0) is 36.6 Å². The highest BCUT2D eigenvalue weighted by molar-refractivity contribution is 5.92. The Morgan fingerprint density at radius 1 is 1.24 bits per heavy atom. The molecule has 5 nitrogen and oxygen atoms in total. The molecule has 1 aromatic carbocycles. The van der Waals surface area contributed by atoms with Crippen molar-refractivity contribution in [2.75, 3.05) is 6.54 Å². The van der Waals surface area contributed by atoms with Crippen molar-refractivity contribution in [2.24, 2.45) is 13.0 Å². The molecular formula is C20H24N4O. The van der Waals surface area contributed by atoms with E-state index in [0.29, 0.717) is 24.7 Å². The number of hydrogen-bond donors (Lipinski definition) is 0. The van der Waals surface area contributed by atoms with E-state index in [4.69, 9.17) is 0 Å². The predicted octanol–water partition coefficient (Wildman–Crippen LogP) is 3.58. The lowest BCUT2D eigenvalue weighted by atomic mass is 10.1. The zero-order valence-corrected chi connectivity index (χ0v) is 15.2. The van der Waals surface area contributed by atoms with Crippen molar-refractivity contribution in [1.82, 2.24) is 19.7 Å². The molecule has 0 N–H and O–H groups in total. The summed E-state index contributed by atoms with van der Waals surface area (Å²) in [4.78, 5) is 19.4. The van der Waals surface area contributed by atoms with Crippen molar-refractivity contribution < 1.29 is 4.79 Å². The Hall–Kier alpha value is -2.69. The summed E-state index contributed by atoms with van der Waals surface area (Å²) in [7, 11) is 1.81. The molecule has 5 heteroatoms. The minimum absolute atomic E-state index is 0.00459. The summed E-state index contributed by atoms with van der Waals surface area (Å²) in [6.45, 7) is 7.37. The van der Waals surface area contributed by atoms with Gasteiger partial charge in [0.1, 0.15) is 5.69 Å². The predicted molar refractivity (Wildman–Crippen MR) is 99.3 cm³/mol. The molecule has 0 saturated heterocycles. The lowest BCUT2D eigenvalue weighted by molar-refractivity contribution is 0.0711. The summed E-state index contributed by atoms with van der Waals surface area (Å²) < 4.78 is 1.66.